The van der Waals surface area contributed by atoms with Crippen LogP contribution in [-0.2, 0) is 6.54 Å². The monoisotopic (exact) mass is 484 g/mol. The molecule has 8 nitrogen and oxygen atoms in total. The topological polar surface area (TPSA) is 83.7 Å². The molecule has 8 heteroatoms. The van der Waals surface area contributed by atoms with E-state index in [1.54, 1.807) is 18.3 Å². The van der Waals surface area contributed by atoms with Crippen LogP contribution >= 0.6 is 0 Å². The lowest BCUT2D eigenvalue weighted by Crippen LogP contribution is -2.42. The Balaban J connectivity index is 1.23. The number of hydrogen-bond acceptors (Lipinski definition) is 4. The summed E-state index contributed by atoms with van der Waals surface area (Å²) in [7, 11) is 0. The van der Waals surface area contributed by atoms with Crippen LogP contribution in [-0.4, -0.2) is 44.7 Å². The van der Waals surface area contributed by atoms with Gasteiger partial charge in [-0.15, -0.1) is 5.10 Å². The average molecular weight is 485 g/mol. The summed E-state index contributed by atoms with van der Waals surface area (Å²) in [6.07, 6.45) is 4.06. The lowest BCUT2D eigenvalue weighted by Gasteiger charge is -2.37. The summed E-state index contributed by atoms with van der Waals surface area (Å²) in [5, 5.41) is 10.4. The standard InChI is InChI=1S/C28H32N6O2/c1-21-13-16-32(17-14-21)25(23-9-3-2-4-10-23)19-29-27(35)30-24-11-7-8-22(18-24)20-34-28(36)33-15-6-5-12-26(33)31-34/h2-12,15,18,21,25H,13-14,16-17,19-20H2,1H3,(H2,29,30,35). The fourth-order valence-corrected chi connectivity index (χ4v) is 4.83. The van der Waals surface area contributed by atoms with Crippen molar-refractivity contribution in [2.45, 2.75) is 32.4 Å². The Labute approximate surface area is 210 Å². The second kappa shape index (κ2) is 10.8. The van der Waals surface area contributed by atoms with Crippen LogP contribution in [0.1, 0.15) is 36.9 Å². The van der Waals surface area contributed by atoms with E-state index in [0.29, 0.717) is 24.4 Å². The molecule has 0 aliphatic carbocycles. The maximum atomic E-state index is 12.8. The van der Waals surface area contributed by atoms with Crippen LogP contribution in [0.4, 0.5) is 10.5 Å². The number of fused-ring (bicyclic) bond motifs is 1. The number of anilines is 1. The van der Waals surface area contributed by atoms with Crippen molar-refractivity contribution in [3.63, 3.8) is 0 Å². The van der Waals surface area contributed by atoms with Crippen LogP contribution in [0.15, 0.2) is 83.8 Å². The Kier molecular flexibility index (Phi) is 7.13. The normalized spacial score (nSPS) is 15.6. The highest BCUT2D eigenvalue weighted by Crippen LogP contribution is 2.26. The minimum absolute atomic E-state index is 0.137. The number of aromatic nitrogens is 3. The summed E-state index contributed by atoms with van der Waals surface area (Å²) < 4.78 is 2.94. The molecule has 186 valence electrons. The van der Waals surface area contributed by atoms with Gasteiger partial charge in [0.2, 0.25) is 0 Å². The largest absolute Gasteiger partial charge is 0.350 e. The molecular weight excluding hydrogens is 452 g/mol. The number of likely N-dealkylation sites (tertiary alicyclic amines) is 1. The number of urea groups is 1. The number of carbonyl (C=O) groups is 1. The maximum Gasteiger partial charge on any atom is 0.350 e. The Hall–Kier alpha value is -3.91. The molecule has 0 bridgehead atoms. The van der Waals surface area contributed by atoms with Gasteiger partial charge in [0, 0.05) is 18.4 Å². The summed E-state index contributed by atoms with van der Waals surface area (Å²) in [6.45, 7) is 5.23. The fraction of sp³-hybridized carbons (Fsp3) is 0.321. The Morgan fingerprint density at radius 3 is 2.58 bits per heavy atom. The Morgan fingerprint density at radius 2 is 1.81 bits per heavy atom. The van der Waals surface area contributed by atoms with Crippen molar-refractivity contribution in [1.82, 2.24) is 24.4 Å². The molecule has 0 saturated carbocycles. The van der Waals surface area contributed by atoms with E-state index in [0.717, 1.165) is 24.6 Å². The van der Waals surface area contributed by atoms with E-state index in [9.17, 15) is 9.59 Å². The first-order valence-electron chi connectivity index (χ1n) is 12.5. The van der Waals surface area contributed by atoms with Crippen molar-refractivity contribution in [3.8, 4) is 0 Å². The number of benzene rings is 2. The smallest absolute Gasteiger partial charge is 0.336 e. The lowest BCUT2D eigenvalue weighted by atomic mass is 9.96. The van der Waals surface area contributed by atoms with Crippen LogP contribution in [0.3, 0.4) is 0 Å². The molecule has 0 radical (unpaired) electrons. The third-order valence-corrected chi connectivity index (χ3v) is 6.90. The summed E-state index contributed by atoms with van der Waals surface area (Å²) in [5.74, 6) is 0.748. The van der Waals surface area contributed by atoms with E-state index in [1.807, 2.05) is 36.4 Å². The van der Waals surface area contributed by atoms with Crippen molar-refractivity contribution >= 4 is 17.4 Å². The van der Waals surface area contributed by atoms with Gasteiger partial charge < -0.3 is 10.6 Å². The molecule has 5 rings (SSSR count). The van der Waals surface area contributed by atoms with Gasteiger partial charge in [0.1, 0.15) is 0 Å². The van der Waals surface area contributed by atoms with Gasteiger partial charge in [0.15, 0.2) is 5.65 Å². The molecule has 1 aliphatic rings. The van der Waals surface area contributed by atoms with Gasteiger partial charge in [-0.1, -0.05) is 55.5 Å². The lowest BCUT2D eigenvalue weighted by molar-refractivity contribution is 0.136. The van der Waals surface area contributed by atoms with Crippen LogP contribution in [0.25, 0.3) is 5.65 Å². The predicted molar refractivity (Wildman–Crippen MR) is 141 cm³/mol. The molecule has 2 aromatic heterocycles. The van der Waals surface area contributed by atoms with E-state index in [2.05, 4.69) is 51.8 Å². The number of piperidine rings is 1. The zero-order valence-electron chi connectivity index (χ0n) is 20.5. The molecule has 36 heavy (non-hydrogen) atoms. The van der Waals surface area contributed by atoms with Gasteiger partial charge in [0.25, 0.3) is 0 Å². The molecule has 3 heterocycles. The average Bonchev–Trinajstić information content (AvgIpc) is 3.21. The SMILES string of the molecule is CC1CCN(C(CNC(=O)Nc2cccc(Cn3nc4ccccn4c3=O)c2)c2ccccc2)CC1. The molecule has 1 aliphatic heterocycles. The number of hydrogen-bond donors (Lipinski definition) is 2. The Bertz CT molecular complexity index is 1370. The van der Waals surface area contributed by atoms with E-state index in [1.165, 1.54) is 27.5 Å². The summed E-state index contributed by atoms with van der Waals surface area (Å²) >= 11 is 0. The van der Waals surface area contributed by atoms with Crippen LogP contribution in [0, 0.1) is 5.92 Å². The van der Waals surface area contributed by atoms with Gasteiger partial charge >= 0.3 is 11.7 Å². The summed E-state index contributed by atoms with van der Waals surface area (Å²) in [5.41, 5.74) is 3.17. The Morgan fingerprint density at radius 1 is 1.03 bits per heavy atom. The number of carbonyl (C=O) groups excluding carboxylic acids is 1. The molecule has 1 fully saturated rings. The molecule has 1 unspecified atom stereocenters. The number of amides is 2. The number of rotatable bonds is 7. The van der Waals surface area contributed by atoms with Crippen LogP contribution in [0.5, 0.6) is 0 Å². The zero-order valence-corrected chi connectivity index (χ0v) is 20.5. The first-order valence-corrected chi connectivity index (χ1v) is 12.5. The molecule has 1 atom stereocenters. The molecule has 2 aromatic carbocycles. The molecule has 4 aromatic rings. The molecule has 1 saturated heterocycles. The first kappa shape index (κ1) is 23.8. The first-order chi connectivity index (χ1) is 17.6. The van der Waals surface area contributed by atoms with E-state index in [4.69, 9.17) is 0 Å². The van der Waals surface area contributed by atoms with E-state index < -0.39 is 0 Å². The van der Waals surface area contributed by atoms with Gasteiger partial charge in [-0.2, -0.15) is 0 Å². The minimum Gasteiger partial charge on any atom is -0.336 e. The number of nitrogens with one attached hydrogen (secondary N) is 2. The van der Waals surface area contributed by atoms with Crippen molar-refractivity contribution in [2.75, 3.05) is 25.0 Å². The van der Waals surface area contributed by atoms with Gasteiger partial charge in [0.05, 0.1) is 12.6 Å². The number of pyridine rings is 1. The zero-order chi connectivity index (χ0) is 24.9. The fourth-order valence-electron chi connectivity index (χ4n) is 4.83. The van der Waals surface area contributed by atoms with Crippen molar-refractivity contribution < 1.29 is 4.79 Å². The van der Waals surface area contributed by atoms with Crippen molar-refractivity contribution in [1.29, 1.82) is 0 Å². The highest BCUT2D eigenvalue weighted by Gasteiger charge is 2.25. The highest BCUT2D eigenvalue weighted by molar-refractivity contribution is 5.89. The highest BCUT2D eigenvalue weighted by atomic mass is 16.2. The van der Waals surface area contributed by atoms with E-state index in [-0.39, 0.29) is 17.8 Å². The number of nitrogens with zero attached hydrogens (tertiary/aromatic N) is 4. The minimum atomic E-state index is -0.247. The summed E-state index contributed by atoms with van der Waals surface area (Å²) in [4.78, 5) is 27.9. The quantitative estimate of drug-likeness (QED) is 0.413. The second-order valence-electron chi connectivity index (χ2n) is 9.55. The predicted octanol–water partition coefficient (Wildman–Crippen LogP) is 4.14. The van der Waals surface area contributed by atoms with Gasteiger partial charge in [-0.05, 0) is 67.2 Å². The van der Waals surface area contributed by atoms with Crippen LogP contribution < -0.4 is 16.3 Å². The molecule has 2 amide bonds. The van der Waals surface area contributed by atoms with Crippen molar-refractivity contribution in [3.05, 3.63) is 101 Å². The molecular formula is C28H32N6O2. The summed E-state index contributed by atoms with van der Waals surface area (Å²) in [6, 6.07) is 23.2. The second-order valence-corrected chi connectivity index (χ2v) is 9.55. The maximum absolute atomic E-state index is 12.8. The third-order valence-electron chi connectivity index (χ3n) is 6.90. The van der Waals surface area contributed by atoms with E-state index >= 15 is 0 Å². The third kappa shape index (κ3) is 5.49. The van der Waals surface area contributed by atoms with Gasteiger partial charge in [-0.3, -0.25) is 9.30 Å². The molecule has 2 N–H and O–H groups in total. The molecule has 0 spiro atoms. The van der Waals surface area contributed by atoms with Crippen LogP contribution in [0.2, 0.25) is 0 Å². The van der Waals surface area contributed by atoms with Crippen molar-refractivity contribution in [2.24, 2.45) is 5.92 Å². The van der Waals surface area contributed by atoms with Gasteiger partial charge in [-0.25, -0.2) is 14.3 Å².